The van der Waals surface area contributed by atoms with Gasteiger partial charge in [-0.25, -0.2) is 27.9 Å². The summed E-state index contributed by atoms with van der Waals surface area (Å²) < 4.78 is 62.9. The lowest BCUT2D eigenvalue weighted by molar-refractivity contribution is 0.0526. The lowest BCUT2D eigenvalue weighted by atomic mass is 10.0. The molecule has 0 spiro atoms. The fraction of sp³-hybridized carbons (Fsp3) is 0.242. The van der Waals surface area contributed by atoms with Gasteiger partial charge in [-0.05, 0) is 67.4 Å². The fourth-order valence-electron chi connectivity index (χ4n) is 4.74. The second-order valence-electron chi connectivity index (χ2n) is 9.94. The zero-order chi connectivity index (χ0) is 30.5. The van der Waals surface area contributed by atoms with Gasteiger partial charge in [-0.3, -0.25) is 0 Å². The molecule has 0 saturated carbocycles. The summed E-state index contributed by atoms with van der Waals surface area (Å²) >= 11 is 0. The predicted molar refractivity (Wildman–Crippen MR) is 155 cm³/mol. The number of ether oxygens (including phenoxy) is 3. The van der Waals surface area contributed by atoms with Gasteiger partial charge in [0.05, 0.1) is 35.5 Å². The van der Waals surface area contributed by atoms with Crippen LogP contribution in [-0.2, 0) is 29.0 Å². The topological polar surface area (TPSA) is 75.5 Å². The van der Waals surface area contributed by atoms with E-state index in [1.807, 2.05) is 4.57 Å². The largest absolute Gasteiger partial charge is 0.473 e. The Morgan fingerprint density at radius 1 is 0.907 bits per heavy atom. The van der Waals surface area contributed by atoms with E-state index in [-0.39, 0.29) is 42.3 Å². The molecule has 0 aliphatic heterocycles. The van der Waals surface area contributed by atoms with Crippen molar-refractivity contribution in [2.75, 3.05) is 20.3 Å². The van der Waals surface area contributed by atoms with Gasteiger partial charge in [0.25, 0.3) is 0 Å². The molecule has 0 bridgehead atoms. The molecule has 0 saturated heterocycles. The third-order valence-corrected chi connectivity index (χ3v) is 6.93. The summed E-state index contributed by atoms with van der Waals surface area (Å²) in [5.74, 6) is -1.53. The summed E-state index contributed by atoms with van der Waals surface area (Å²) in [6, 6.07) is 16.8. The first-order valence-corrected chi connectivity index (χ1v) is 13.8. The highest BCUT2D eigenvalue weighted by Gasteiger charge is 2.19. The molecule has 3 aromatic carbocycles. The molecule has 10 heteroatoms. The number of carbonyl (C=O) groups is 1. The van der Waals surface area contributed by atoms with Gasteiger partial charge in [0.1, 0.15) is 29.9 Å². The Balaban J connectivity index is 1.41. The van der Waals surface area contributed by atoms with E-state index in [1.54, 1.807) is 69.5 Å². The summed E-state index contributed by atoms with van der Waals surface area (Å²) in [5, 5.41) is 0. The number of carbonyl (C=O) groups excluding carboxylic acids is 1. The van der Waals surface area contributed by atoms with Crippen molar-refractivity contribution < 1.29 is 32.2 Å². The second kappa shape index (κ2) is 13.1. The average molecular weight is 590 g/mol. The number of esters is 1. The predicted octanol–water partition coefficient (Wildman–Crippen LogP) is 6.82. The molecule has 2 aromatic heterocycles. The van der Waals surface area contributed by atoms with Crippen molar-refractivity contribution in [1.82, 2.24) is 14.5 Å². The van der Waals surface area contributed by atoms with Crippen molar-refractivity contribution in [3.05, 3.63) is 112 Å². The maximum absolute atomic E-state index is 15.5. The molecular formula is C33H30F3N3O4. The Morgan fingerprint density at radius 3 is 2.49 bits per heavy atom. The zero-order valence-electron chi connectivity index (χ0n) is 24.0. The van der Waals surface area contributed by atoms with E-state index in [1.165, 1.54) is 6.07 Å². The van der Waals surface area contributed by atoms with E-state index >= 15 is 8.78 Å². The standard InChI is InChI=1S/C33H30F3N3O4/c1-4-42-33(40)21-10-11-29-30(16-21)39(12-13-41-3)31(37-29)17-23-15-27(36)24(18-26(23)35)28-6-5-7-32(38-28)43-19-22-9-8-20(2)14-25(22)34/h5-11,14-16,18H,4,12-13,17,19H2,1-3H3. The lowest BCUT2D eigenvalue weighted by Gasteiger charge is -2.12. The Kier molecular flexibility index (Phi) is 9.06. The van der Waals surface area contributed by atoms with Crippen LogP contribution in [0.15, 0.2) is 66.7 Å². The number of fused-ring (bicyclic) bond motifs is 1. The fourth-order valence-corrected chi connectivity index (χ4v) is 4.74. The van der Waals surface area contributed by atoms with Gasteiger partial charge in [0.2, 0.25) is 5.88 Å². The quantitative estimate of drug-likeness (QED) is 0.158. The molecule has 0 unspecified atom stereocenters. The molecule has 222 valence electrons. The van der Waals surface area contributed by atoms with Gasteiger partial charge in [0.15, 0.2) is 0 Å². The van der Waals surface area contributed by atoms with Crippen molar-refractivity contribution >= 4 is 17.0 Å². The van der Waals surface area contributed by atoms with Crippen LogP contribution in [0.1, 0.15) is 39.8 Å². The number of aryl methyl sites for hydroxylation is 1. The van der Waals surface area contributed by atoms with Crippen LogP contribution in [0.5, 0.6) is 5.88 Å². The van der Waals surface area contributed by atoms with Crippen LogP contribution in [0.25, 0.3) is 22.3 Å². The Bertz CT molecular complexity index is 1790. The molecule has 2 heterocycles. The summed E-state index contributed by atoms with van der Waals surface area (Å²) in [6.45, 7) is 4.43. The van der Waals surface area contributed by atoms with Crippen molar-refractivity contribution in [3.8, 4) is 17.1 Å². The SMILES string of the molecule is CCOC(=O)c1ccc2nc(Cc3cc(F)c(-c4cccc(OCc5ccc(C)cc5F)n4)cc3F)n(CCOC)c2c1. The average Bonchev–Trinajstić information content (AvgIpc) is 3.33. The van der Waals surface area contributed by atoms with Gasteiger partial charge in [-0.15, -0.1) is 0 Å². The van der Waals surface area contributed by atoms with E-state index in [2.05, 4.69) is 9.97 Å². The number of pyridine rings is 1. The highest BCUT2D eigenvalue weighted by atomic mass is 19.1. The molecule has 5 aromatic rings. The third kappa shape index (κ3) is 6.70. The lowest BCUT2D eigenvalue weighted by Crippen LogP contribution is -2.10. The monoisotopic (exact) mass is 589 g/mol. The molecule has 0 atom stereocenters. The van der Waals surface area contributed by atoms with Crippen molar-refractivity contribution in [2.24, 2.45) is 0 Å². The molecule has 0 aliphatic carbocycles. The Morgan fingerprint density at radius 2 is 1.72 bits per heavy atom. The van der Waals surface area contributed by atoms with Crippen LogP contribution in [0, 0.1) is 24.4 Å². The molecular weight excluding hydrogens is 559 g/mol. The molecule has 0 aliphatic rings. The van der Waals surface area contributed by atoms with E-state index in [9.17, 15) is 9.18 Å². The number of hydrogen-bond acceptors (Lipinski definition) is 6. The normalized spacial score (nSPS) is 11.2. The Hall–Kier alpha value is -4.70. The van der Waals surface area contributed by atoms with Gasteiger partial charge < -0.3 is 18.8 Å². The summed E-state index contributed by atoms with van der Waals surface area (Å²) in [4.78, 5) is 21.2. The van der Waals surface area contributed by atoms with Crippen LogP contribution < -0.4 is 4.74 Å². The third-order valence-electron chi connectivity index (χ3n) is 6.93. The summed E-state index contributed by atoms with van der Waals surface area (Å²) in [5.41, 5.74) is 2.99. The van der Waals surface area contributed by atoms with E-state index in [4.69, 9.17) is 14.2 Å². The first-order valence-electron chi connectivity index (χ1n) is 13.8. The zero-order valence-corrected chi connectivity index (χ0v) is 24.0. The molecule has 0 radical (unpaired) electrons. The Labute approximate surface area is 246 Å². The van der Waals surface area contributed by atoms with E-state index in [0.29, 0.717) is 41.1 Å². The number of nitrogens with zero attached hydrogens (tertiary/aromatic N) is 3. The summed E-state index contributed by atoms with van der Waals surface area (Å²) in [6.07, 6.45) is -0.00510. The second-order valence-corrected chi connectivity index (χ2v) is 9.94. The van der Waals surface area contributed by atoms with Crippen molar-refractivity contribution in [1.29, 1.82) is 0 Å². The van der Waals surface area contributed by atoms with Gasteiger partial charge in [-0.2, -0.15) is 0 Å². The smallest absolute Gasteiger partial charge is 0.338 e. The van der Waals surface area contributed by atoms with Gasteiger partial charge in [-0.1, -0.05) is 18.2 Å². The van der Waals surface area contributed by atoms with Crippen LogP contribution in [0.3, 0.4) is 0 Å². The van der Waals surface area contributed by atoms with Crippen molar-refractivity contribution in [3.63, 3.8) is 0 Å². The molecule has 0 N–H and O–H groups in total. The first kappa shape index (κ1) is 29.8. The van der Waals surface area contributed by atoms with E-state index < -0.39 is 23.4 Å². The molecule has 7 nitrogen and oxygen atoms in total. The minimum Gasteiger partial charge on any atom is -0.473 e. The van der Waals surface area contributed by atoms with Crippen LogP contribution in [0.4, 0.5) is 13.2 Å². The van der Waals surface area contributed by atoms with Gasteiger partial charge in [0, 0.05) is 37.3 Å². The molecule has 0 amide bonds. The highest BCUT2D eigenvalue weighted by molar-refractivity contribution is 5.93. The maximum Gasteiger partial charge on any atom is 0.338 e. The van der Waals surface area contributed by atoms with Crippen LogP contribution in [-0.4, -0.2) is 40.8 Å². The minimum absolute atomic E-state index is 0.00510. The number of benzene rings is 3. The minimum atomic E-state index is -0.672. The number of halogens is 3. The number of aromatic nitrogens is 3. The molecule has 5 rings (SSSR count). The van der Waals surface area contributed by atoms with Gasteiger partial charge >= 0.3 is 5.97 Å². The van der Waals surface area contributed by atoms with E-state index in [0.717, 1.165) is 17.7 Å². The van der Waals surface area contributed by atoms with Crippen LogP contribution >= 0.6 is 0 Å². The first-order chi connectivity index (χ1) is 20.8. The maximum atomic E-state index is 15.5. The van der Waals surface area contributed by atoms with Crippen molar-refractivity contribution in [2.45, 2.75) is 33.4 Å². The molecule has 43 heavy (non-hydrogen) atoms. The highest BCUT2D eigenvalue weighted by Crippen LogP contribution is 2.28. The van der Waals surface area contributed by atoms with Crippen LogP contribution in [0.2, 0.25) is 0 Å². The number of methoxy groups -OCH3 is 1. The number of imidazole rings is 1. The number of hydrogen-bond donors (Lipinski definition) is 0. The number of rotatable bonds is 11. The summed E-state index contributed by atoms with van der Waals surface area (Å²) in [7, 11) is 1.56. The molecule has 0 fully saturated rings.